The molecule has 0 aliphatic carbocycles. The molecule has 19 heavy (non-hydrogen) atoms. The average Bonchev–Trinajstić information content (AvgIpc) is 2.30. The van der Waals surface area contributed by atoms with Crippen molar-refractivity contribution in [3.63, 3.8) is 0 Å². The first-order valence-electron chi connectivity index (χ1n) is 6.11. The van der Waals surface area contributed by atoms with Crippen molar-refractivity contribution in [2.75, 3.05) is 5.32 Å². The third-order valence-electron chi connectivity index (χ3n) is 2.58. The second kappa shape index (κ2) is 5.73. The van der Waals surface area contributed by atoms with Crippen LogP contribution in [0.25, 0.3) is 0 Å². The number of aromatic hydroxyl groups is 1. The fourth-order valence-corrected chi connectivity index (χ4v) is 1.30. The van der Waals surface area contributed by atoms with Gasteiger partial charge in [0.2, 0.25) is 11.8 Å². The molecule has 104 valence electrons. The molecule has 0 radical (unpaired) electrons. The van der Waals surface area contributed by atoms with Gasteiger partial charge < -0.3 is 15.7 Å². The van der Waals surface area contributed by atoms with Crippen LogP contribution < -0.4 is 10.6 Å². The Hall–Kier alpha value is -2.04. The molecule has 1 unspecified atom stereocenters. The van der Waals surface area contributed by atoms with Crippen LogP contribution in [0.15, 0.2) is 24.3 Å². The SMILES string of the molecule is CC(NC(=O)C(C)(C)C)C(=O)Nc1ccccc1O. The number of benzene rings is 1. The first-order chi connectivity index (χ1) is 8.71. The van der Waals surface area contributed by atoms with E-state index in [0.29, 0.717) is 5.69 Å². The number of hydrogen-bond donors (Lipinski definition) is 3. The van der Waals surface area contributed by atoms with Crippen LogP contribution in [0.4, 0.5) is 5.69 Å². The summed E-state index contributed by atoms with van der Waals surface area (Å²) in [6.07, 6.45) is 0. The zero-order valence-corrected chi connectivity index (χ0v) is 11.7. The van der Waals surface area contributed by atoms with E-state index in [4.69, 9.17) is 0 Å². The van der Waals surface area contributed by atoms with Gasteiger partial charge in [0.1, 0.15) is 11.8 Å². The van der Waals surface area contributed by atoms with Gasteiger partial charge >= 0.3 is 0 Å². The lowest BCUT2D eigenvalue weighted by molar-refractivity contribution is -0.131. The number of carbonyl (C=O) groups excluding carboxylic acids is 2. The van der Waals surface area contributed by atoms with Crippen LogP contribution in [0, 0.1) is 5.41 Å². The third kappa shape index (κ3) is 4.28. The minimum atomic E-state index is -0.675. The van der Waals surface area contributed by atoms with Gasteiger partial charge in [-0.1, -0.05) is 32.9 Å². The van der Waals surface area contributed by atoms with Crippen LogP contribution in [-0.2, 0) is 9.59 Å². The number of amides is 2. The van der Waals surface area contributed by atoms with Crippen molar-refractivity contribution in [3.8, 4) is 5.75 Å². The highest BCUT2D eigenvalue weighted by atomic mass is 16.3. The number of hydrogen-bond acceptors (Lipinski definition) is 3. The molecule has 0 fully saturated rings. The van der Waals surface area contributed by atoms with Crippen molar-refractivity contribution in [2.45, 2.75) is 33.7 Å². The maximum atomic E-state index is 11.9. The van der Waals surface area contributed by atoms with E-state index in [1.54, 1.807) is 45.9 Å². The van der Waals surface area contributed by atoms with Crippen molar-refractivity contribution in [1.29, 1.82) is 0 Å². The molecule has 1 aromatic carbocycles. The third-order valence-corrected chi connectivity index (χ3v) is 2.58. The summed E-state index contributed by atoms with van der Waals surface area (Å²) in [5.74, 6) is -0.586. The Morgan fingerprint density at radius 3 is 2.32 bits per heavy atom. The summed E-state index contributed by atoms with van der Waals surface area (Å²) in [5, 5.41) is 14.7. The van der Waals surface area contributed by atoms with Gasteiger partial charge in [-0.2, -0.15) is 0 Å². The molecule has 0 aliphatic heterocycles. The summed E-state index contributed by atoms with van der Waals surface area (Å²) in [7, 11) is 0. The number of nitrogens with one attached hydrogen (secondary N) is 2. The van der Waals surface area contributed by atoms with Crippen molar-refractivity contribution in [3.05, 3.63) is 24.3 Å². The van der Waals surface area contributed by atoms with Gasteiger partial charge in [0.25, 0.3) is 0 Å². The predicted molar refractivity (Wildman–Crippen MR) is 73.8 cm³/mol. The van der Waals surface area contributed by atoms with E-state index in [1.807, 2.05) is 0 Å². The normalized spacial score (nSPS) is 12.6. The minimum Gasteiger partial charge on any atom is -0.506 e. The maximum absolute atomic E-state index is 11.9. The second-order valence-electron chi connectivity index (χ2n) is 5.45. The minimum absolute atomic E-state index is 0.00908. The topological polar surface area (TPSA) is 78.4 Å². The standard InChI is InChI=1S/C14H20N2O3/c1-9(15-13(19)14(2,3)4)12(18)16-10-7-5-6-8-11(10)17/h5-9,17H,1-4H3,(H,15,19)(H,16,18). The van der Waals surface area contributed by atoms with Crippen molar-refractivity contribution in [2.24, 2.45) is 5.41 Å². The Balaban J connectivity index is 2.64. The molecule has 0 aromatic heterocycles. The molecular formula is C14H20N2O3. The lowest BCUT2D eigenvalue weighted by Crippen LogP contribution is -2.46. The summed E-state index contributed by atoms with van der Waals surface area (Å²) < 4.78 is 0. The number of carbonyl (C=O) groups is 2. The Kier molecular flexibility index (Phi) is 4.53. The van der Waals surface area contributed by atoms with Crippen molar-refractivity contribution >= 4 is 17.5 Å². The molecule has 0 bridgehead atoms. The summed E-state index contributed by atoms with van der Waals surface area (Å²) in [5.41, 5.74) is -0.229. The zero-order valence-electron chi connectivity index (χ0n) is 11.7. The molecule has 2 amide bonds. The molecule has 1 rings (SSSR count). The molecular weight excluding hydrogens is 244 g/mol. The molecule has 5 nitrogen and oxygen atoms in total. The summed E-state index contributed by atoms with van der Waals surface area (Å²) in [6.45, 7) is 6.92. The Bertz CT molecular complexity index is 478. The highest BCUT2D eigenvalue weighted by molar-refractivity contribution is 5.98. The van der Waals surface area contributed by atoms with Crippen molar-refractivity contribution < 1.29 is 14.7 Å². The number of phenols is 1. The molecule has 0 saturated heterocycles. The van der Waals surface area contributed by atoms with Gasteiger partial charge in [-0.3, -0.25) is 9.59 Å². The van der Waals surface area contributed by atoms with E-state index in [1.165, 1.54) is 6.07 Å². The van der Waals surface area contributed by atoms with Gasteiger partial charge in [-0.25, -0.2) is 0 Å². The molecule has 1 atom stereocenters. The summed E-state index contributed by atoms with van der Waals surface area (Å²) in [6, 6.07) is 5.76. The number of para-hydroxylation sites is 2. The van der Waals surface area contributed by atoms with E-state index < -0.39 is 11.5 Å². The largest absolute Gasteiger partial charge is 0.506 e. The van der Waals surface area contributed by atoms with Crippen molar-refractivity contribution in [1.82, 2.24) is 5.32 Å². The predicted octanol–water partition coefficient (Wildman–Crippen LogP) is 1.88. The molecule has 0 heterocycles. The highest BCUT2D eigenvalue weighted by Crippen LogP contribution is 2.21. The fourth-order valence-electron chi connectivity index (χ4n) is 1.30. The molecule has 1 aromatic rings. The average molecular weight is 264 g/mol. The van der Waals surface area contributed by atoms with E-state index in [2.05, 4.69) is 10.6 Å². The molecule has 0 aliphatic rings. The molecule has 0 spiro atoms. The highest BCUT2D eigenvalue weighted by Gasteiger charge is 2.25. The van der Waals surface area contributed by atoms with Gasteiger partial charge in [0, 0.05) is 5.41 Å². The van der Waals surface area contributed by atoms with Gasteiger partial charge in [-0.15, -0.1) is 0 Å². The monoisotopic (exact) mass is 264 g/mol. The maximum Gasteiger partial charge on any atom is 0.246 e. The van der Waals surface area contributed by atoms with Crippen LogP contribution in [0.3, 0.4) is 0 Å². The van der Waals surface area contributed by atoms with Crippen LogP contribution in [0.1, 0.15) is 27.7 Å². The Morgan fingerprint density at radius 2 is 1.79 bits per heavy atom. The summed E-state index contributed by atoms with van der Waals surface area (Å²) in [4.78, 5) is 23.6. The second-order valence-corrected chi connectivity index (χ2v) is 5.45. The van der Waals surface area contributed by atoms with Crippen LogP contribution in [0.2, 0.25) is 0 Å². The smallest absolute Gasteiger partial charge is 0.246 e. The molecule has 0 saturated carbocycles. The Labute approximate surface area is 113 Å². The zero-order chi connectivity index (χ0) is 14.6. The number of anilines is 1. The lowest BCUT2D eigenvalue weighted by Gasteiger charge is -2.21. The lowest BCUT2D eigenvalue weighted by atomic mass is 9.95. The van der Waals surface area contributed by atoms with Crippen LogP contribution in [-0.4, -0.2) is 23.0 Å². The quantitative estimate of drug-likeness (QED) is 0.729. The number of rotatable bonds is 3. The van der Waals surface area contributed by atoms with Gasteiger partial charge in [-0.05, 0) is 19.1 Å². The first kappa shape index (κ1) is 15.0. The van der Waals surface area contributed by atoms with Crippen LogP contribution in [0.5, 0.6) is 5.75 Å². The van der Waals surface area contributed by atoms with E-state index in [9.17, 15) is 14.7 Å². The summed E-state index contributed by atoms with van der Waals surface area (Å²) >= 11 is 0. The fraction of sp³-hybridized carbons (Fsp3) is 0.429. The molecule has 3 N–H and O–H groups in total. The van der Waals surface area contributed by atoms with Gasteiger partial charge in [0.05, 0.1) is 5.69 Å². The van der Waals surface area contributed by atoms with Crippen LogP contribution >= 0.6 is 0 Å². The van der Waals surface area contributed by atoms with Gasteiger partial charge in [0.15, 0.2) is 0 Å². The molecule has 5 heteroatoms. The van der Waals surface area contributed by atoms with E-state index >= 15 is 0 Å². The van der Waals surface area contributed by atoms with E-state index in [-0.39, 0.29) is 17.6 Å². The number of phenolic OH excluding ortho intramolecular Hbond substituents is 1. The van der Waals surface area contributed by atoms with E-state index in [0.717, 1.165) is 0 Å². The first-order valence-corrected chi connectivity index (χ1v) is 6.11. The Morgan fingerprint density at radius 1 is 1.21 bits per heavy atom.